The molecule has 0 bridgehead atoms. The van der Waals surface area contributed by atoms with E-state index in [2.05, 4.69) is 5.32 Å². The van der Waals surface area contributed by atoms with Gasteiger partial charge in [-0.1, -0.05) is 25.1 Å². The third-order valence-electron chi connectivity index (χ3n) is 4.13. The lowest BCUT2D eigenvalue weighted by molar-refractivity contribution is -0.126. The predicted molar refractivity (Wildman–Crippen MR) is 80.9 cm³/mol. The van der Waals surface area contributed by atoms with Crippen LogP contribution in [0.15, 0.2) is 24.3 Å². The van der Waals surface area contributed by atoms with Crippen LogP contribution in [0.4, 0.5) is 5.69 Å². The van der Waals surface area contributed by atoms with Crippen LogP contribution in [-0.4, -0.2) is 35.6 Å². The summed E-state index contributed by atoms with van der Waals surface area (Å²) in [5.74, 6) is -0.333. The van der Waals surface area contributed by atoms with Crippen molar-refractivity contribution in [3.63, 3.8) is 0 Å². The van der Waals surface area contributed by atoms with E-state index >= 15 is 0 Å². The molecule has 1 aromatic rings. The Labute approximate surface area is 125 Å². The van der Waals surface area contributed by atoms with Gasteiger partial charge in [0.1, 0.15) is 6.04 Å². The van der Waals surface area contributed by atoms with E-state index in [4.69, 9.17) is 5.11 Å². The Morgan fingerprint density at radius 3 is 2.67 bits per heavy atom. The number of carbonyl (C=O) groups excluding carboxylic acids is 2. The second-order valence-electron chi connectivity index (χ2n) is 5.69. The van der Waals surface area contributed by atoms with Crippen LogP contribution >= 0.6 is 0 Å². The van der Waals surface area contributed by atoms with Crippen LogP contribution in [0.3, 0.4) is 0 Å². The first kappa shape index (κ1) is 15.5. The van der Waals surface area contributed by atoms with Crippen molar-refractivity contribution in [2.24, 2.45) is 5.92 Å². The van der Waals surface area contributed by atoms with Gasteiger partial charge in [-0.05, 0) is 24.5 Å². The number of aliphatic hydroxyl groups excluding tert-OH is 1. The first-order valence-electron chi connectivity index (χ1n) is 7.24. The number of hydrogen-bond acceptors (Lipinski definition) is 3. The van der Waals surface area contributed by atoms with Gasteiger partial charge in [0, 0.05) is 31.7 Å². The van der Waals surface area contributed by atoms with E-state index in [9.17, 15) is 9.59 Å². The smallest absolute Gasteiger partial charge is 0.243 e. The third kappa shape index (κ3) is 3.08. The molecule has 2 amide bonds. The number of carbonyl (C=O) groups is 2. The van der Waals surface area contributed by atoms with E-state index < -0.39 is 6.04 Å². The van der Waals surface area contributed by atoms with Crippen molar-refractivity contribution in [2.45, 2.75) is 39.3 Å². The van der Waals surface area contributed by atoms with Crippen molar-refractivity contribution in [1.82, 2.24) is 5.32 Å². The SMILES string of the molecule is CC(=O)N1c2ccccc2C[C@H]1C(=O)NC(C)C(C)CO. The normalized spacial score (nSPS) is 19.8. The van der Waals surface area contributed by atoms with E-state index in [1.165, 1.54) is 6.92 Å². The van der Waals surface area contributed by atoms with Crippen LogP contribution in [0.5, 0.6) is 0 Å². The van der Waals surface area contributed by atoms with Gasteiger partial charge in [-0.25, -0.2) is 0 Å². The van der Waals surface area contributed by atoms with E-state index in [-0.39, 0.29) is 30.4 Å². The molecular formula is C16H22N2O3. The van der Waals surface area contributed by atoms with Crippen LogP contribution in [0.2, 0.25) is 0 Å². The molecule has 1 heterocycles. The summed E-state index contributed by atoms with van der Waals surface area (Å²) in [5.41, 5.74) is 1.82. The summed E-state index contributed by atoms with van der Waals surface area (Å²) in [6, 6.07) is 6.94. The van der Waals surface area contributed by atoms with Crippen molar-refractivity contribution in [2.75, 3.05) is 11.5 Å². The van der Waals surface area contributed by atoms with Crippen LogP contribution < -0.4 is 10.2 Å². The van der Waals surface area contributed by atoms with E-state index in [1.807, 2.05) is 38.1 Å². The maximum absolute atomic E-state index is 12.5. The number of para-hydroxylation sites is 1. The number of rotatable bonds is 4. The molecule has 0 aromatic heterocycles. The largest absolute Gasteiger partial charge is 0.396 e. The first-order chi connectivity index (χ1) is 9.95. The molecule has 2 rings (SSSR count). The van der Waals surface area contributed by atoms with Crippen molar-refractivity contribution in [3.05, 3.63) is 29.8 Å². The molecule has 1 aromatic carbocycles. The third-order valence-corrected chi connectivity index (χ3v) is 4.13. The van der Waals surface area contributed by atoms with Crippen molar-refractivity contribution >= 4 is 17.5 Å². The molecule has 0 aliphatic carbocycles. The van der Waals surface area contributed by atoms with E-state index in [1.54, 1.807) is 4.90 Å². The Hall–Kier alpha value is -1.88. The molecule has 1 aliphatic heterocycles. The fraction of sp³-hybridized carbons (Fsp3) is 0.500. The van der Waals surface area contributed by atoms with Gasteiger partial charge in [0.15, 0.2) is 0 Å². The Balaban J connectivity index is 2.17. The van der Waals surface area contributed by atoms with Crippen molar-refractivity contribution < 1.29 is 14.7 Å². The van der Waals surface area contributed by atoms with Gasteiger partial charge in [-0.3, -0.25) is 14.5 Å². The average molecular weight is 290 g/mol. The summed E-state index contributed by atoms with van der Waals surface area (Å²) in [7, 11) is 0. The van der Waals surface area contributed by atoms with E-state index in [0.717, 1.165) is 11.3 Å². The molecule has 2 N–H and O–H groups in total. The second-order valence-corrected chi connectivity index (χ2v) is 5.69. The number of anilines is 1. The predicted octanol–water partition coefficient (Wildman–Crippen LogP) is 1.10. The maximum atomic E-state index is 12.5. The van der Waals surface area contributed by atoms with Gasteiger partial charge in [0.25, 0.3) is 0 Å². The fourth-order valence-corrected chi connectivity index (χ4v) is 2.61. The highest BCUT2D eigenvalue weighted by atomic mass is 16.3. The van der Waals surface area contributed by atoms with Gasteiger partial charge in [0.05, 0.1) is 0 Å². The Kier molecular flexibility index (Phi) is 4.63. The number of aliphatic hydroxyl groups is 1. The summed E-state index contributed by atoms with van der Waals surface area (Å²) in [4.78, 5) is 25.9. The summed E-state index contributed by atoms with van der Waals surface area (Å²) >= 11 is 0. The molecule has 21 heavy (non-hydrogen) atoms. The highest BCUT2D eigenvalue weighted by Gasteiger charge is 2.37. The van der Waals surface area contributed by atoms with Crippen LogP contribution in [0.25, 0.3) is 0 Å². The Morgan fingerprint density at radius 1 is 1.38 bits per heavy atom. The number of nitrogens with one attached hydrogen (secondary N) is 1. The number of amides is 2. The summed E-state index contributed by atoms with van der Waals surface area (Å²) in [6.07, 6.45) is 0.530. The highest BCUT2D eigenvalue weighted by Crippen LogP contribution is 2.32. The Bertz CT molecular complexity index is 544. The molecule has 2 unspecified atom stereocenters. The number of benzene rings is 1. The lowest BCUT2D eigenvalue weighted by Crippen LogP contribution is -2.51. The minimum absolute atomic E-state index is 0.0166. The topological polar surface area (TPSA) is 69.6 Å². The quantitative estimate of drug-likeness (QED) is 0.872. The van der Waals surface area contributed by atoms with E-state index in [0.29, 0.717) is 6.42 Å². The first-order valence-corrected chi connectivity index (χ1v) is 7.24. The lowest BCUT2D eigenvalue weighted by atomic mass is 10.0. The molecule has 5 heteroatoms. The van der Waals surface area contributed by atoms with Crippen molar-refractivity contribution in [1.29, 1.82) is 0 Å². The van der Waals surface area contributed by atoms with Gasteiger partial charge >= 0.3 is 0 Å². The van der Waals surface area contributed by atoms with Gasteiger partial charge < -0.3 is 10.4 Å². The zero-order valence-electron chi connectivity index (χ0n) is 12.7. The summed E-state index contributed by atoms with van der Waals surface area (Å²) < 4.78 is 0. The fourth-order valence-electron chi connectivity index (χ4n) is 2.61. The van der Waals surface area contributed by atoms with Crippen LogP contribution in [0, 0.1) is 5.92 Å². The van der Waals surface area contributed by atoms with Crippen LogP contribution in [-0.2, 0) is 16.0 Å². The standard InChI is InChI=1S/C16H22N2O3/c1-10(9-19)11(2)17-16(21)15-8-13-6-4-5-7-14(13)18(15)12(3)20/h4-7,10-11,15,19H,8-9H2,1-3H3,(H,17,21)/t10?,11?,15-/m0/s1. The lowest BCUT2D eigenvalue weighted by Gasteiger charge is -2.26. The molecule has 0 saturated heterocycles. The summed E-state index contributed by atoms with van der Waals surface area (Å²) in [5, 5.41) is 12.0. The monoisotopic (exact) mass is 290 g/mol. The molecule has 0 fully saturated rings. The van der Waals surface area contributed by atoms with Crippen LogP contribution in [0.1, 0.15) is 26.3 Å². The number of fused-ring (bicyclic) bond motifs is 1. The van der Waals surface area contributed by atoms with Gasteiger partial charge in [0.2, 0.25) is 11.8 Å². The molecule has 1 aliphatic rings. The average Bonchev–Trinajstić information content (AvgIpc) is 2.85. The molecular weight excluding hydrogens is 268 g/mol. The highest BCUT2D eigenvalue weighted by molar-refractivity contribution is 6.02. The Morgan fingerprint density at radius 2 is 2.05 bits per heavy atom. The minimum atomic E-state index is -0.506. The molecule has 5 nitrogen and oxygen atoms in total. The minimum Gasteiger partial charge on any atom is -0.396 e. The number of nitrogens with zero attached hydrogens (tertiary/aromatic N) is 1. The zero-order valence-corrected chi connectivity index (χ0v) is 12.7. The van der Waals surface area contributed by atoms with Gasteiger partial charge in [-0.15, -0.1) is 0 Å². The van der Waals surface area contributed by atoms with Gasteiger partial charge in [-0.2, -0.15) is 0 Å². The molecule has 0 saturated carbocycles. The van der Waals surface area contributed by atoms with Crippen molar-refractivity contribution in [3.8, 4) is 0 Å². The zero-order chi connectivity index (χ0) is 15.6. The molecule has 0 radical (unpaired) electrons. The maximum Gasteiger partial charge on any atom is 0.243 e. The second kappa shape index (κ2) is 6.26. The molecule has 3 atom stereocenters. The molecule has 0 spiro atoms. The number of hydrogen-bond donors (Lipinski definition) is 2. The molecule has 114 valence electrons. The summed E-state index contributed by atoms with van der Waals surface area (Å²) in [6.45, 7) is 5.22.